The molecule has 9 nitrogen and oxygen atoms in total. The number of carbonyl (C=O) groups excluding carboxylic acids is 2. The Morgan fingerprint density at radius 2 is 1.89 bits per heavy atom. The Hall–Kier alpha value is -3.09. The number of nitrogens with zero attached hydrogens (tertiary/aromatic N) is 3. The lowest BCUT2D eigenvalue weighted by Crippen LogP contribution is -2.42. The number of hydrogen-bond acceptors (Lipinski definition) is 7. The molecule has 37 heavy (non-hydrogen) atoms. The average Bonchev–Trinajstić information content (AvgIpc) is 3.20. The third kappa shape index (κ3) is 6.08. The number of rotatable bonds is 8. The molecule has 0 aliphatic carbocycles. The predicted octanol–water partition coefficient (Wildman–Crippen LogP) is 3.33. The fraction of sp³-hybridized carbons (Fsp3) is 0.400. The second-order valence-electron chi connectivity index (χ2n) is 8.44. The molecule has 1 aliphatic heterocycles. The van der Waals surface area contributed by atoms with Crippen LogP contribution in [-0.2, 0) is 30.9 Å². The molecular formula is C25H28FN3O6S2. The number of carbonyl (C=O) groups is 2. The lowest BCUT2D eigenvalue weighted by molar-refractivity contribution is -0.143. The first kappa shape index (κ1) is 27.0. The average molecular weight is 550 g/mol. The van der Waals surface area contributed by atoms with Crippen molar-refractivity contribution in [1.29, 1.82) is 0 Å². The minimum absolute atomic E-state index is 0.0270. The van der Waals surface area contributed by atoms with E-state index >= 15 is 0 Å². The van der Waals surface area contributed by atoms with Crippen LogP contribution in [-0.4, -0.2) is 55.5 Å². The third-order valence-corrected chi connectivity index (χ3v) is 8.87. The largest absolute Gasteiger partial charge is 0.494 e. The Labute approximate surface area is 218 Å². The van der Waals surface area contributed by atoms with Crippen molar-refractivity contribution in [2.45, 2.75) is 38.1 Å². The summed E-state index contributed by atoms with van der Waals surface area (Å²) < 4.78 is 53.7. The normalized spacial score (nSPS) is 17.2. The van der Waals surface area contributed by atoms with E-state index in [2.05, 4.69) is 4.99 Å². The van der Waals surface area contributed by atoms with Crippen molar-refractivity contribution in [1.82, 2.24) is 8.87 Å². The highest BCUT2D eigenvalue weighted by molar-refractivity contribution is 7.89. The first-order valence-electron chi connectivity index (χ1n) is 12.0. The zero-order valence-electron chi connectivity index (χ0n) is 20.6. The Morgan fingerprint density at radius 1 is 1.14 bits per heavy atom. The Kier molecular flexibility index (Phi) is 8.40. The molecule has 1 aromatic heterocycles. The summed E-state index contributed by atoms with van der Waals surface area (Å²) >= 11 is 1.24. The highest BCUT2D eigenvalue weighted by Gasteiger charge is 2.33. The van der Waals surface area contributed by atoms with Crippen LogP contribution in [0.3, 0.4) is 0 Å². The van der Waals surface area contributed by atoms with Crippen LogP contribution in [0.5, 0.6) is 5.75 Å². The number of benzene rings is 2. The number of amides is 1. The van der Waals surface area contributed by atoms with E-state index < -0.39 is 33.6 Å². The molecule has 4 rings (SSSR count). The highest BCUT2D eigenvalue weighted by Crippen LogP contribution is 2.26. The van der Waals surface area contributed by atoms with Crippen LogP contribution in [0.4, 0.5) is 4.39 Å². The van der Waals surface area contributed by atoms with Gasteiger partial charge >= 0.3 is 5.97 Å². The maximum absolute atomic E-state index is 13.3. The van der Waals surface area contributed by atoms with Crippen LogP contribution >= 0.6 is 11.3 Å². The van der Waals surface area contributed by atoms with Gasteiger partial charge in [-0.2, -0.15) is 9.30 Å². The van der Waals surface area contributed by atoms with E-state index in [1.165, 1.54) is 27.8 Å². The van der Waals surface area contributed by atoms with E-state index in [0.29, 0.717) is 35.5 Å². The minimum atomic E-state index is -3.88. The summed E-state index contributed by atoms with van der Waals surface area (Å²) in [5.41, 5.74) is 0.706. The molecule has 1 amide bonds. The van der Waals surface area contributed by atoms with Crippen molar-refractivity contribution in [3.63, 3.8) is 0 Å². The molecule has 1 unspecified atom stereocenters. The molecule has 1 atom stereocenters. The molecule has 198 valence electrons. The van der Waals surface area contributed by atoms with Crippen molar-refractivity contribution >= 4 is 43.5 Å². The molecule has 12 heteroatoms. The van der Waals surface area contributed by atoms with Gasteiger partial charge in [-0.05, 0) is 69.2 Å². The molecule has 3 aromatic rings. The Bertz CT molecular complexity index is 1460. The van der Waals surface area contributed by atoms with Crippen molar-refractivity contribution in [2.75, 3.05) is 26.3 Å². The molecule has 0 saturated carbocycles. The lowest BCUT2D eigenvalue weighted by Gasteiger charge is -2.30. The highest BCUT2D eigenvalue weighted by atomic mass is 32.2. The fourth-order valence-corrected chi connectivity index (χ4v) is 6.77. The van der Waals surface area contributed by atoms with Crippen LogP contribution in [0, 0.1) is 11.7 Å². The van der Waals surface area contributed by atoms with E-state index in [4.69, 9.17) is 9.47 Å². The molecule has 0 N–H and O–H groups in total. The number of esters is 1. The van der Waals surface area contributed by atoms with Crippen LogP contribution in [0.2, 0.25) is 0 Å². The standard InChI is InChI=1S/C25H28FN3O6S2/c1-3-34-19-9-12-21-22(14-19)36-25(29(21)16-23(30)35-4-2)27-24(31)17-6-5-13-28(15-17)37(32,33)20-10-7-18(26)8-11-20/h7-12,14,17H,3-6,13,15-16H2,1-2H3. The summed E-state index contributed by atoms with van der Waals surface area (Å²) in [5.74, 6) is -1.44. The number of piperidine rings is 1. The molecule has 0 bridgehead atoms. The summed E-state index contributed by atoms with van der Waals surface area (Å²) in [6, 6.07) is 10.0. The summed E-state index contributed by atoms with van der Waals surface area (Å²) in [4.78, 5) is 30.2. The molecule has 1 aliphatic rings. The number of aromatic nitrogens is 1. The minimum Gasteiger partial charge on any atom is -0.494 e. The summed E-state index contributed by atoms with van der Waals surface area (Å²) in [7, 11) is -3.88. The number of sulfonamides is 1. The van der Waals surface area contributed by atoms with E-state index in [1.807, 2.05) is 13.0 Å². The summed E-state index contributed by atoms with van der Waals surface area (Å²) in [5, 5.41) is 0. The van der Waals surface area contributed by atoms with Gasteiger partial charge in [0.25, 0.3) is 5.91 Å². The topological polar surface area (TPSA) is 107 Å². The first-order chi connectivity index (χ1) is 17.7. The second-order valence-corrected chi connectivity index (χ2v) is 11.4. The molecular weight excluding hydrogens is 521 g/mol. The lowest BCUT2D eigenvalue weighted by atomic mass is 9.99. The number of hydrogen-bond donors (Lipinski definition) is 0. The smallest absolute Gasteiger partial charge is 0.326 e. The van der Waals surface area contributed by atoms with Crippen LogP contribution in [0.1, 0.15) is 26.7 Å². The number of ether oxygens (including phenoxy) is 2. The van der Waals surface area contributed by atoms with Crippen molar-refractivity contribution in [3.05, 3.63) is 53.1 Å². The second kappa shape index (κ2) is 11.5. The van der Waals surface area contributed by atoms with Crippen LogP contribution in [0.15, 0.2) is 52.4 Å². The number of thiazole rings is 1. The van der Waals surface area contributed by atoms with Gasteiger partial charge in [-0.15, -0.1) is 0 Å². The molecule has 0 spiro atoms. The van der Waals surface area contributed by atoms with Gasteiger partial charge in [-0.3, -0.25) is 9.59 Å². The molecule has 2 aromatic carbocycles. The number of fused-ring (bicyclic) bond motifs is 1. The van der Waals surface area contributed by atoms with E-state index in [-0.39, 0.29) is 31.1 Å². The monoisotopic (exact) mass is 549 g/mol. The summed E-state index contributed by atoms with van der Waals surface area (Å²) in [6.45, 7) is 4.42. The third-order valence-electron chi connectivity index (χ3n) is 5.95. The zero-order valence-corrected chi connectivity index (χ0v) is 22.2. The van der Waals surface area contributed by atoms with Gasteiger partial charge in [0.05, 0.1) is 34.2 Å². The zero-order chi connectivity index (χ0) is 26.6. The first-order valence-corrected chi connectivity index (χ1v) is 14.2. The fourth-order valence-electron chi connectivity index (χ4n) is 4.19. The van der Waals surface area contributed by atoms with Crippen molar-refractivity contribution in [2.24, 2.45) is 10.9 Å². The van der Waals surface area contributed by atoms with E-state index in [1.54, 1.807) is 23.6 Å². The van der Waals surface area contributed by atoms with Crippen molar-refractivity contribution < 1.29 is 31.9 Å². The van der Waals surface area contributed by atoms with Gasteiger partial charge in [0.15, 0.2) is 4.80 Å². The Balaban J connectivity index is 1.64. The van der Waals surface area contributed by atoms with Gasteiger partial charge in [-0.1, -0.05) is 11.3 Å². The van der Waals surface area contributed by atoms with Crippen molar-refractivity contribution in [3.8, 4) is 5.75 Å². The quantitative estimate of drug-likeness (QED) is 0.399. The summed E-state index contributed by atoms with van der Waals surface area (Å²) in [6.07, 6.45) is 0.967. The van der Waals surface area contributed by atoms with Gasteiger partial charge in [0.1, 0.15) is 18.1 Å². The van der Waals surface area contributed by atoms with Gasteiger partial charge in [0.2, 0.25) is 10.0 Å². The van der Waals surface area contributed by atoms with Gasteiger partial charge in [-0.25, -0.2) is 12.8 Å². The molecule has 0 radical (unpaired) electrons. The number of halogens is 1. The Morgan fingerprint density at radius 3 is 2.59 bits per heavy atom. The van der Waals surface area contributed by atoms with Crippen LogP contribution < -0.4 is 9.54 Å². The maximum Gasteiger partial charge on any atom is 0.326 e. The predicted molar refractivity (Wildman–Crippen MR) is 136 cm³/mol. The van der Waals surface area contributed by atoms with Gasteiger partial charge < -0.3 is 14.0 Å². The van der Waals surface area contributed by atoms with E-state index in [9.17, 15) is 22.4 Å². The molecule has 1 fully saturated rings. The molecule has 1 saturated heterocycles. The SMILES string of the molecule is CCOC(=O)Cn1c(=NC(=O)C2CCCN(S(=O)(=O)c3ccc(F)cc3)C2)sc2cc(OCC)ccc21. The molecule has 2 heterocycles. The van der Waals surface area contributed by atoms with Gasteiger partial charge in [0, 0.05) is 13.1 Å². The van der Waals surface area contributed by atoms with E-state index in [0.717, 1.165) is 16.8 Å². The maximum atomic E-state index is 13.3. The van der Waals surface area contributed by atoms with Crippen LogP contribution in [0.25, 0.3) is 10.2 Å².